The van der Waals surface area contributed by atoms with Crippen molar-refractivity contribution in [2.75, 3.05) is 19.9 Å². The van der Waals surface area contributed by atoms with Crippen LogP contribution in [0.4, 0.5) is 8.78 Å². The molecule has 1 spiro atoms. The number of aryl methyl sites for hydroxylation is 1. The van der Waals surface area contributed by atoms with Crippen LogP contribution in [0, 0.1) is 12.3 Å². The molecule has 0 amide bonds. The third-order valence-electron chi connectivity index (χ3n) is 7.65. The van der Waals surface area contributed by atoms with E-state index in [0.717, 1.165) is 39.8 Å². The second kappa shape index (κ2) is 8.05. The first-order valence-corrected chi connectivity index (χ1v) is 13.4. The number of sulfone groups is 1. The van der Waals surface area contributed by atoms with E-state index in [1.807, 2.05) is 37.4 Å². The molecular formula is C26H30F2N2O3S. The first kappa shape index (κ1) is 23.3. The first-order chi connectivity index (χ1) is 16.0. The third kappa shape index (κ3) is 4.11. The quantitative estimate of drug-likeness (QED) is 0.505. The number of hydrogen-bond acceptors (Lipinski definition) is 4. The fourth-order valence-electron chi connectivity index (χ4n) is 5.98. The maximum atomic E-state index is 13.9. The lowest BCUT2D eigenvalue weighted by Crippen LogP contribution is -2.53. The number of fused-ring (bicyclic) bond motifs is 1. The molecule has 1 saturated carbocycles. The van der Waals surface area contributed by atoms with Crippen molar-refractivity contribution in [1.82, 2.24) is 9.88 Å². The van der Waals surface area contributed by atoms with Crippen molar-refractivity contribution >= 4 is 20.7 Å². The fourth-order valence-corrected chi connectivity index (χ4v) is 6.61. The van der Waals surface area contributed by atoms with Crippen LogP contribution in [-0.2, 0) is 16.4 Å². The zero-order chi connectivity index (χ0) is 24.3. The van der Waals surface area contributed by atoms with Crippen LogP contribution < -0.4 is 4.74 Å². The molecular weight excluding hydrogens is 458 g/mol. The molecule has 1 aliphatic carbocycles. The maximum absolute atomic E-state index is 13.9. The van der Waals surface area contributed by atoms with Gasteiger partial charge in [0.25, 0.3) is 0 Å². The Bertz CT molecular complexity index is 1320. The Labute approximate surface area is 199 Å². The van der Waals surface area contributed by atoms with E-state index in [1.54, 1.807) is 19.2 Å². The average Bonchev–Trinajstić information content (AvgIpc) is 3.25. The number of aromatic amines is 1. The van der Waals surface area contributed by atoms with Gasteiger partial charge in [-0.3, -0.25) is 4.90 Å². The highest BCUT2D eigenvalue weighted by Crippen LogP contribution is 2.60. The molecule has 0 bridgehead atoms. The summed E-state index contributed by atoms with van der Waals surface area (Å²) in [6.07, 6.45) is 4.33. The van der Waals surface area contributed by atoms with Gasteiger partial charge in [-0.1, -0.05) is 12.1 Å². The van der Waals surface area contributed by atoms with E-state index < -0.39 is 15.8 Å². The molecule has 2 fully saturated rings. The van der Waals surface area contributed by atoms with Gasteiger partial charge in [-0.25, -0.2) is 17.2 Å². The van der Waals surface area contributed by atoms with Gasteiger partial charge in [0.2, 0.25) is 5.92 Å². The van der Waals surface area contributed by atoms with Gasteiger partial charge in [-0.15, -0.1) is 0 Å². The molecule has 2 aliphatic rings. The molecule has 0 radical (unpaired) electrons. The highest BCUT2D eigenvalue weighted by molar-refractivity contribution is 7.90. The number of nitrogens with one attached hydrogen (secondary N) is 1. The van der Waals surface area contributed by atoms with Crippen LogP contribution in [0.5, 0.6) is 5.75 Å². The summed E-state index contributed by atoms with van der Waals surface area (Å²) >= 11 is 0. The molecule has 1 atom stereocenters. The minimum absolute atomic E-state index is 0.0678. The Morgan fingerprint density at radius 3 is 2.50 bits per heavy atom. The number of halogens is 2. The van der Waals surface area contributed by atoms with Gasteiger partial charge in [0, 0.05) is 54.3 Å². The molecule has 1 saturated heterocycles. The van der Waals surface area contributed by atoms with Gasteiger partial charge in [0.15, 0.2) is 9.84 Å². The summed E-state index contributed by atoms with van der Waals surface area (Å²) in [7, 11) is -1.64. The summed E-state index contributed by atoms with van der Waals surface area (Å²) in [4.78, 5) is 5.90. The number of benzene rings is 2. The number of piperidine rings is 1. The summed E-state index contributed by atoms with van der Waals surface area (Å²) in [6.45, 7) is 3.35. The molecule has 1 N–H and O–H groups in total. The SMILES string of the molecule is COc1cc(C)c2[nH]ccc2c1CN1CCC2(C[C@@H]1c1ccc(S(C)(=O)=O)cc1)CC(F)(F)C2. The maximum Gasteiger partial charge on any atom is 0.249 e. The van der Waals surface area contributed by atoms with Crippen molar-refractivity contribution in [2.24, 2.45) is 5.41 Å². The van der Waals surface area contributed by atoms with Crippen molar-refractivity contribution in [3.63, 3.8) is 0 Å². The Balaban J connectivity index is 1.51. The predicted octanol–water partition coefficient (Wildman–Crippen LogP) is 5.64. The Hall–Kier alpha value is -2.45. The van der Waals surface area contributed by atoms with Crippen LogP contribution in [0.15, 0.2) is 47.5 Å². The normalized spacial score (nSPS) is 22.1. The number of aromatic nitrogens is 1. The molecule has 0 unspecified atom stereocenters. The molecule has 182 valence electrons. The van der Waals surface area contributed by atoms with E-state index in [0.29, 0.717) is 19.5 Å². The highest BCUT2D eigenvalue weighted by Gasteiger charge is 2.58. The molecule has 3 aromatic rings. The Kier molecular flexibility index (Phi) is 5.52. The lowest BCUT2D eigenvalue weighted by molar-refractivity contribution is -0.186. The van der Waals surface area contributed by atoms with E-state index in [2.05, 4.69) is 9.88 Å². The second-order valence-corrected chi connectivity index (χ2v) is 12.1. The fraction of sp³-hybridized carbons (Fsp3) is 0.462. The van der Waals surface area contributed by atoms with Crippen molar-refractivity contribution < 1.29 is 21.9 Å². The van der Waals surface area contributed by atoms with Crippen LogP contribution in [0.2, 0.25) is 0 Å². The lowest BCUT2D eigenvalue weighted by atomic mass is 9.59. The zero-order valence-electron chi connectivity index (χ0n) is 19.7. The number of rotatable bonds is 5. The van der Waals surface area contributed by atoms with Crippen molar-refractivity contribution in [1.29, 1.82) is 0 Å². The number of ether oxygens (including phenoxy) is 1. The number of alkyl halides is 2. The van der Waals surface area contributed by atoms with E-state index in [4.69, 9.17) is 4.74 Å². The molecule has 1 aliphatic heterocycles. The molecule has 8 heteroatoms. The van der Waals surface area contributed by atoms with Gasteiger partial charge in [-0.2, -0.15) is 0 Å². The smallest absolute Gasteiger partial charge is 0.249 e. The van der Waals surface area contributed by atoms with Crippen molar-refractivity contribution in [3.05, 3.63) is 59.3 Å². The number of methoxy groups -OCH3 is 1. The summed E-state index contributed by atoms with van der Waals surface area (Å²) in [5.74, 6) is -1.77. The topological polar surface area (TPSA) is 62.4 Å². The van der Waals surface area contributed by atoms with Gasteiger partial charge in [0.05, 0.1) is 12.0 Å². The second-order valence-electron chi connectivity index (χ2n) is 10.1. The summed E-state index contributed by atoms with van der Waals surface area (Å²) in [5, 5.41) is 1.10. The molecule has 5 nitrogen and oxygen atoms in total. The zero-order valence-corrected chi connectivity index (χ0v) is 20.5. The van der Waals surface area contributed by atoms with E-state index >= 15 is 0 Å². The lowest BCUT2D eigenvalue weighted by Gasteiger charge is -2.54. The summed E-state index contributed by atoms with van der Waals surface area (Å²) in [6, 6.07) is 10.9. The van der Waals surface area contributed by atoms with Crippen LogP contribution in [-0.4, -0.2) is 44.1 Å². The summed E-state index contributed by atoms with van der Waals surface area (Å²) < 4.78 is 57.4. The first-order valence-electron chi connectivity index (χ1n) is 11.6. The standard InChI is InChI=1S/C26H30F2N2O3S/c1-17-12-23(33-2)21(20-8-10-29-24(17)20)14-30-11-9-25(15-26(27,28)16-25)13-22(30)18-4-6-19(7-5-18)34(3,31)32/h4-8,10,12,22,29H,9,11,13-16H2,1-3H3/t22-/m1/s1. The minimum atomic E-state index is -3.31. The average molecular weight is 489 g/mol. The van der Waals surface area contributed by atoms with Crippen LogP contribution in [0.1, 0.15) is 48.4 Å². The van der Waals surface area contributed by atoms with Gasteiger partial charge in [-0.05, 0) is 67.1 Å². The number of H-pyrrole nitrogens is 1. The molecule has 5 rings (SSSR count). The third-order valence-corrected chi connectivity index (χ3v) is 8.78. The summed E-state index contributed by atoms with van der Waals surface area (Å²) in [5.41, 5.74) is 3.83. The van der Waals surface area contributed by atoms with E-state index in [9.17, 15) is 17.2 Å². The monoisotopic (exact) mass is 488 g/mol. The molecule has 34 heavy (non-hydrogen) atoms. The van der Waals surface area contributed by atoms with Crippen molar-refractivity contribution in [3.8, 4) is 5.75 Å². The largest absolute Gasteiger partial charge is 0.496 e. The van der Waals surface area contributed by atoms with Gasteiger partial charge >= 0.3 is 0 Å². The Morgan fingerprint density at radius 1 is 1.18 bits per heavy atom. The van der Waals surface area contributed by atoms with Crippen LogP contribution in [0.3, 0.4) is 0 Å². The van der Waals surface area contributed by atoms with Gasteiger partial charge < -0.3 is 9.72 Å². The number of hydrogen-bond donors (Lipinski definition) is 1. The van der Waals surface area contributed by atoms with Crippen molar-refractivity contribution in [2.45, 2.75) is 56.0 Å². The minimum Gasteiger partial charge on any atom is -0.496 e. The number of nitrogens with zero attached hydrogens (tertiary/aromatic N) is 1. The van der Waals surface area contributed by atoms with Crippen LogP contribution >= 0.6 is 0 Å². The van der Waals surface area contributed by atoms with E-state index in [1.165, 1.54) is 6.26 Å². The van der Waals surface area contributed by atoms with E-state index in [-0.39, 0.29) is 29.2 Å². The Morgan fingerprint density at radius 2 is 1.88 bits per heavy atom. The van der Waals surface area contributed by atoms with Crippen LogP contribution in [0.25, 0.3) is 10.9 Å². The molecule has 2 heterocycles. The molecule has 1 aromatic heterocycles. The highest BCUT2D eigenvalue weighted by atomic mass is 32.2. The number of likely N-dealkylation sites (tertiary alicyclic amines) is 1. The predicted molar refractivity (Wildman–Crippen MR) is 128 cm³/mol. The van der Waals surface area contributed by atoms with Gasteiger partial charge in [0.1, 0.15) is 5.75 Å². The molecule has 2 aromatic carbocycles.